The average Bonchev–Trinajstić information content (AvgIpc) is 2.51. The van der Waals surface area contributed by atoms with Gasteiger partial charge in [0.15, 0.2) is 0 Å². The normalized spacial score (nSPS) is 20.2. The summed E-state index contributed by atoms with van der Waals surface area (Å²) in [5.74, 6) is -0.0266. The molecule has 2 rings (SSSR count). The average molecular weight is 398 g/mol. The van der Waals surface area contributed by atoms with Crippen LogP contribution in [0.3, 0.4) is 0 Å². The van der Waals surface area contributed by atoms with Gasteiger partial charge < -0.3 is 14.2 Å². The van der Waals surface area contributed by atoms with E-state index in [1.54, 1.807) is 6.92 Å². The molecule has 0 amide bonds. The van der Waals surface area contributed by atoms with Crippen LogP contribution in [-0.2, 0) is 19.0 Å². The first-order valence-electron chi connectivity index (χ1n) is 7.58. The van der Waals surface area contributed by atoms with E-state index in [9.17, 15) is 26.4 Å². The second-order valence-corrected chi connectivity index (χ2v) is 6.98. The Balaban J connectivity index is 1.97. The summed E-state index contributed by atoms with van der Waals surface area (Å²) in [4.78, 5) is 11.7. The molecule has 146 valence electrons. The molecule has 0 atom stereocenters. The van der Waals surface area contributed by atoms with Gasteiger partial charge in [0.25, 0.3) is 0 Å². The maximum atomic E-state index is 12.3. The Morgan fingerprint density at radius 3 is 2.42 bits per heavy atom. The fourth-order valence-electron chi connectivity index (χ4n) is 2.25. The molecule has 0 unspecified atom stereocenters. The lowest BCUT2D eigenvalue weighted by Gasteiger charge is -2.34. The van der Waals surface area contributed by atoms with E-state index in [1.807, 2.05) is 0 Å². The summed E-state index contributed by atoms with van der Waals surface area (Å²) in [6, 6.07) is 4.37. The highest BCUT2D eigenvalue weighted by molar-refractivity contribution is 7.87. The lowest BCUT2D eigenvalue weighted by atomic mass is 9.92. The Morgan fingerprint density at radius 2 is 1.88 bits per heavy atom. The summed E-state index contributed by atoms with van der Waals surface area (Å²) in [5.41, 5.74) is -5.25. The SMILES string of the molecule is CCOc1cc(OC2CC(OS(=O)(=O)C(F)(F)F)C2)ccc1C(=O)OC. The molecule has 1 aliphatic carbocycles. The van der Waals surface area contributed by atoms with Gasteiger partial charge in [-0.05, 0) is 19.1 Å². The Kier molecular flexibility index (Phi) is 6.02. The third-order valence-corrected chi connectivity index (χ3v) is 4.65. The Bertz CT molecular complexity index is 755. The molecule has 0 bridgehead atoms. The summed E-state index contributed by atoms with van der Waals surface area (Å²) in [5, 5.41) is 0. The van der Waals surface area contributed by atoms with Crippen molar-refractivity contribution in [3.63, 3.8) is 0 Å². The van der Waals surface area contributed by atoms with Crippen LogP contribution in [0.5, 0.6) is 11.5 Å². The van der Waals surface area contributed by atoms with Crippen LogP contribution in [0.25, 0.3) is 0 Å². The van der Waals surface area contributed by atoms with E-state index in [1.165, 1.54) is 25.3 Å². The highest BCUT2D eigenvalue weighted by Gasteiger charge is 2.50. The smallest absolute Gasteiger partial charge is 0.493 e. The van der Waals surface area contributed by atoms with Gasteiger partial charge >= 0.3 is 21.6 Å². The molecule has 7 nitrogen and oxygen atoms in total. The van der Waals surface area contributed by atoms with Crippen LogP contribution in [-0.4, -0.2) is 45.8 Å². The number of methoxy groups -OCH3 is 1. The zero-order chi connectivity index (χ0) is 19.5. The minimum atomic E-state index is -5.61. The van der Waals surface area contributed by atoms with Crippen molar-refractivity contribution in [2.75, 3.05) is 13.7 Å². The number of carbonyl (C=O) groups is 1. The highest BCUT2D eigenvalue weighted by atomic mass is 32.2. The Morgan fingerprint density at radius 1 is 1.23 bits per heavy atom. The van der Waals surface area contributed by atoms with Crippen molar-refractivity contribution >= 4 is 16.1 Å². The van der Waals surface area contributed by atoms with Gasteiger partial charge in [0.05, 0.1) is 19.8 Å². The van der Waals surface area contributed by atoms with E-state index < -0.39 is 33.8 Å². The first-order valence-corrected chi connectivity index (χ1v) is 8.99. The number of rotatable bonds is 7. The minimum Gasteiger partial charge on any atom is -0.493 e. The lowest BCUT2D eigenvalue weighted by molar-refractivity contribution is -0.0677. The van der Waals surface area contributed by atoms with Gasteiger partial charge in [-0.15, -0.1) is 0 Å². The maximum Gasteiger partial charge on any atom is 0.523 e. The van der Waals surface area contributed by atoms with Gasteiger partial charge in [-0.1, -0.05) is 0 Å². The number of ether oxygens (including phenoxy) is 3. The highest BCUT2D eigenvalue weighted by Crippen LogP contribution is 2.35. The quantitative estimate of drug-likeness (QED) is 0.396. The second kappa shape index (κ2) is 7.70. The van der Waals surface area contributed by atoms with Gasteiger partial charge in [-0.2, -0.15) is 21.6 Å². The van der Waals surface area contributed by atoms with Crippen LogP contribution in [0.4, 0.5) is 13.2 Å². The zero-order valence-corrected chi connectivity index (χ0v) is 14.7. The zero-order valence-electron chi connectivity index (χ0n) is 13.9. The van der Waals surface area contributed by atoms with E-state index >= 15 is 0 Å². The summed E-state index contributed by atoms with van der Waals surface area (Å²) in [6.45, 7) is 2.02. The fourth-order valence-corrected chi connectivity index (χ4v) is 2.87. The predicted molar refractivity (Wildman–Crippen MR) is 82.4 cm³/mol. The van der Waals surface area contributed by atoms with Crippen molar-refractivity contribution < 1.29 is 44.8 Å². The predicted octanol–water partition coefficient (Wildman–Crippen LogP) is 2.65. The van der Waals surface area contributed by atoms with Gasteiger partial charge in [-0.25, -0.2) is 4.79 Å². The first kappa shape index (κ1) is 20.3. The number of alkyl halides is 3. The van der Waals surface area contributed by atoms with Crippen molar-refractivity contribution in [3.05, 3.63) is 23.8 Å². The van der Waals surface area contributed by atoms with Crippen LogP contribution >= 0.6 is 0 Å². The van der Waals surface area contributed by atoms with Gasteiger partial charge in [0, 0.05) is 18.9 Å². The molecule has 11 heteroatoms. The summed E-state index contributed by atoms with van der Waals surface area (Å²) in [7, 11) is -4.39. The second-order valence-electron chi connectivity index (χ2n) is 5.41. The number of esters is 1. The molecule has 1 aliphatic rings. The fraction of sp³-hybridized carbons (Fsp3) is 0.533. The molecule has 0 spiro atoms. The molecule has 0 N–H and O–H groups in total. The number of carbonyl (C=O) groups excluding carboxylic acids is 1. The van der Waals surface area contributed by atoms with E-state index in [4.69, 9.17) is 9.47 Å². The van der Waals surface area contributed by atoms with Crippen molar-refractivity contribution in [1.82, 2.24) is 0 Å². The number of hydrogen-bond donors (Lipinski definition) is 0. The van der Waals surface area contributed by atoms with E-state index in [-0.39, 0.29) is 24.2 Å². The minimum absolute atomic E-state index is 0.0158. The van der Waals surface area contributed by atoms with Crippen LogP contribution in [0.2, 0.25) is 0 Å². The topological polar surface area (TPSA) is 88.1 Å². The Labute approximate surface area is 148 Å². The maximum absolute atomic E-state index is 12.3. The molecule has 0 heterocycles. The van der Waals surface area contributed by atoms with Gasteiger partial charge in [0.2, 0.25) is 0 Å². The molecule has 0 saturated heterocycles. The molecule has 26 heavy (non-hydrogen) atoms. The summed E-state index contributed by atoms with van der Waals surface area (Å²) in [6.07, 6.45) is -1.63. The molecule has 1 aromatic carbocycles. The van der Waals surface area contributed by atoms with E-state index in [0.29, 0.717) is 12.4 Å². The molecule has 1 aromatic rings. The first-order chi connectivity index (χ1) is 12.1. The molecule has 0 radical (unpaired) electrons. The summed E-state index contributed by atoms with van der Waals surface area (Å²) >= 11 is 0. The standard InChI is InChI=1S/C15H17F3O7S/c1-3-23-13-8-9(4-5-12(13)14(19)22-2)24-10-6-11(7-10)25-26(20,21)15(16,17)18/h4-5,8,10-11H,3,6-7H2,1-2H3. The summed E-state index contributed by atoms with van der Waals surface area (Å²) < 4.78 is 78.2. The van der Waals surface area contributed by atoms with Crippen molar-refractivity contribution in [3.8, 4) is 11.5 Å². The largest absolute Gasteiger partial charge is 0.523 e. The van der Waals surface area contributed by atoms with Crippen molar-refractivity contribution in [2.45, 2.75) is 37.5 Å². The molecular formula is C15H17F3O7S. The van der Waals surface area contributed by atoms with Gasteiger partial charge in [-0.3, -0.25) is 4.18 Å². The third-order valence-electron chi connectivity index (χ3n) is 3.56. The molecule has 1 fully saturated rings. The Hall–Kier alpha value is -2.01. The van der Waals surface area contributed by atoms with Gasteiger partial charge in [0.1, 0.15) is 23.2 Å². The van der Waals surface area contributed by atoms with Crippen LogP contribution in [0.1, 0.15) is 30.1 Å². The van der Waals surface area contributed by atoms with Crippen LogP contribution in [0, 0.1) is 0 Å². The lowest BCUT2D eigenvalue weighted by Crippen LogP contribution is -2.42. The molecule has 0 aromatic heterocycles. The van der Waals surface area contributed by atoms with Crippen molar-refractivity contribution in [1.29, 1.82) is 0 Å². The number of benzene rings is 1. The van der Waals surface area contributed by atoms with E-state index in [0.717, 1.165) is 0 Å². The monoisotopic (exact) mass is 398 g/mol. The molecular weight excluding hydrogens is 381 g/mol. The number of halogens is 3. The van der Waals surface area contributed by atoms with Crippen molar-refractivity contribution in [2.24, 2.45) is 0 Å². The van der Waals surface area contributed by atoms with Crippen LogP contribution in [0.15, 0.2) is 18.2 Å². The molecule has 0 aliphatic heterocycles. The van der Waals surface area contributed by atoms with E-state index in [2.05, 4.69) is 8.92 Å². The van der Waals surface area contributed by atoms with Crippen LogP contribution < -0.4 is 9.47 Å². The number of hydrogen-bond acceptors (Lipinski definition) is 7. The molecule has 1 saturated carbocycles. The third kappa shape index (κ3) is 4.58.